The fourth-order valence-electron chi connectivity index (χ4n) is 3.21. The molecule has 3 heteroatoms. The SMILES string of the molecule is CCC1CCC(C)N1c1ncc(CNC(C)(C)C)cc1C. The van der Waals surface area contributed by atoms with Crippen LogP contribution in [0.5, 0.6) is 0 Å². The molecule has 118 valence electrons. The predicted molar refractivity (Wildman–Crippen MR) is 90.8 cm³/mol. The van der Waals surface area contributed by atoms with E-state index in [1.165, 1.54) is 36.2 Å². The van der Waals surface area contributed by atoms with Gasteiger partial charge in [-0.15, -0.1) is 0 Å². The third-order valence-electron chi connectivity index (χ3n) is 4.43. The molecule has 0 saturated carbocycles. The Morgan fingerprint density at radius 1 is 1.33 bits per heavy atom. The maximum absolute atomic E-state index is 4.80. The van der Waals surface area contributed by atoms with Crippen molar-refractivity contribution in [2.45, 2.75) is 85.0 Å². The van der Waals surface area contributed by atoms with Gasteiger partial charge in [-0.2, -0.15) is 0 Å². The van der Waals surface area contributed by atoms with Gasteiger partial charge in [-0.3, -0.25) is 0 Å². The van der Waals surface area contributed by atoms with E-state index in [1.54, 1.807) is 0 Å². The normalized spacial score (nSPS) is 22.9. The van der Waals surface area contributed by atoms with Crippen LogP contribution in [0.1, 0.15) is 65.0 Å². The van der Waals surface area contributed by atoms with E-state index in [4.69, 9.17) is 4.98 Å². The first-order chi connectivity index (χ1) is 9.81. The topological polar surface area (TPSA) is 28.2 Å². The Labute approximate surface area is 130 Å². The standard InChI is InChI=1S/C18H31N3/c1-7-16-9-8-14(3)21(16)17-13(2)10-15(11-19-17)12-20-18(4,5)6/h10-11,14,16,20H,7-9,12H2,1-6H3. The van der Waals surface area contributed by atoms with Crippen LogP contribution in [0.3, 0.4) is 0 Å². The van der Waals surface area contributed by atoms with Gasteiger partial charge in [-0.1, -0.05) is 6.92 Å². The minimum Gasteiger partial charge on any atom is -0.351 e. The van der Waals surface area contributed by atoms with E-state index in [1.807, 2.05) is 6.20 Å². The van der Waals surface area contributed by atoms with Crippen LogP contribution in [-0.2, 0) is 6.54 Å². The second-order valence-electron chi connectivity index (χ2n) is 7.48. The molecule has 2 unspecified atom stereocenters. The van der Waals surface area contributed by atoms with Crippen molar-refractivity contribution in [3.05, 3.63) is 23.4 Å². The van der Waals surface area contributed by atoms with Gasteiger partial charge in [0.05, 0.1) is 0 Å². The lowest BCUT2D eigenvalue weighted by molar-refractivity contribution is 0.424. The zero-order chi connectivity index (χ0) is 15.6. The largest absolute Gasteiger partial charge is 0.351 e. The Balaban J connectivity index is 2.15. The van der Waals surface area contributed by atoms with E-state index < -0.39 is 0 Å². The zero-order valence-corrected chi connectivity index (χ0v) is 14.5. The Hall–Kier alpha value is -1.09. The maximum atomic E-state index is 4.80. The van der Waals surface area contributed by atoms with Crippen molar-refractivity contribution in [2.24, 2.45) is 0 Å². The number of nitrogens with zero attached hydrogens (tertiary/aromatic N) is 2. The molecule has 0 bridgehead atoms. The monoisotopic (exact) mass is 289 g/mol. The van der Waals surface area contributed by atoms with Crippen LogP contribution in [-0.4, -0.2) is 22.6 Å². The molecule has 1 N–H and O–H groups in total. The highest BCUT2D eigenvalue weighted by molar-refractivity contribution is 5.50. The fourth-order valence-corrected chi connectivity index (χ4v) is 3.21. The molecule has 0 spiro atoms. The first kappa shape index (κ1) is 16.3. The lowest BCUT2D eigenvalue weighted by Gasteiger charge is -2.30. The smallest absolute Gasteiger partial charge is 0.131 e. The molecule has 2 heterocycles. The van der Waals surface area contributed by atoms with E-state index in [2.05, 4.69) is 57.8 Å². The van der Waals surface area contributed by atoms with Crippen LogP contribution in [0.15, 0.2) is 12.3 Å². The first-order valence-corrected chi connectivity index (χ1v) is 8.30. The summed E-state index contributed by atoms with van der Waals surface area (Å²) in [4.78, 5) is 7.33. The van der Waals surface area contributed by atoms with Crippen molar-refractivity contribution < 1.29 is 0 Å². The zero-order valence-electron chi connectivity index (χ0n) is 14.5. The van der Waals surface area contributed by atoms with Crippen LogP contribution in [0, 0.1) is 6.92 Å². The molecule has 1 aliphatic heterocycles. The van der Waals surface area contributed by atoms with E-state index in [9.17, 15) is 0 Å². The Morgan fingerprint density at radius 3 is 2.62 bits per heavy atom. The van der Waals surface area contributed by atoms with Gasteiger partial charge < -0.3 is 10.2 Å². The van der Waals surface area contributed by atoms with Crippen LogP contribution in [0.2, 0.25) is 0 Å². The number of hydrogen-bond donors (Lipinski definition) is 1. The number of pyridine rings is 1. The molecular formula is C18H31N3. The van der Waals surface area contributed by atoms with Crippen molar-refractivity contribution in [3.8, 4) is 0 Å². The maximum Gasteiger partial charge on any atom is 0.131 e. The van der Waals surface area contributed by atoms with Gasteiger partial charge in [0.15, 0.2) is 0 Å². The molecule has 2 rings (SSSR count). The highest BCUT2D eigenvalue weighted by Gasteiger charge is 2.31. The Kier molecular flexibility index (Phi) is 4.92. The lowest BCUT2D eigenvalue weighted by Crippen LogP contribution is -2.36. The van der Waals surface area contributed by atoms with Gasteiger partial charge in [0.1, 0.15) is 5.82 Å². The highest BCUT2D eigenvalue weighted by atomic mass is 15.3. The van der Waals surface area contributed by atoms with Crippen LogP contribution in [0.25, 0.3) is 0 Å². The minimum atomic E-state index is 0.142. The summed E-state index contributed by atoms with van der Waals surface area (Å²) in [5.74, 6) is 1.19. The second-order valence-corrected chi connectivity index (χ2v) is 7.48. The van der Waals surface area contributed by atoms with Crippen molar-refractivity contribution in [2.75, 3.05) is 4.90 Å². The van der Waals surface area contributed by atoms with Gasteiger partial charge in [0.2, 0.25) is 0 Å². The average Bonchev–Trinajstić information content (AvgIpc) is 2.77. The third kappa shape index (κ3) is 3.97. The molecule has 1 aromatic heterocycles. The van der Waals surface area contributed by atoms with Crippen LogP contribution < -0.4 is 10.2 Å². The Morgan fingerprint density at radius 2 is 2.05 bits per heavy atom. The second kappa shape index (κ2) is 6.35. The van der Waals surface area contributed by atoms with Gasteiger partial charge in [0.25, 0.3) is 0 Å². The molecule has 3 nitrogen and oxygen atoms in total. The van der Waals surface area contributed by atoms with E-state index in [-0.39, 0.29) is 5.54 Å². The van der Waals surface area contributed by atoms with E-state index in [0.717, 1.165) is 6.54 Å². The van der Waals surface area contributed by atoms with Crippen molar-refractivity contribution in [1.82, 2.24) is 10.3 Å². The summed E-state index contributed by atoms with van der Waals surface area (Å²) >= 11 is 0. The van der Waals surface area contributed by atoms with E-state index >= 15 is 0 Å². The summed E-state index contributed by atoms with van der Waals surface area (Å²) in [6, 6.07) is 3.56. The number of aromatic nitrogens is 1. The van der Waals surface area contributed by atoms with Gasteiger partial charge in [-0.05, 0) is 71.1 Å². The first-order valence-electron chi connectivity index (χ1n) is 8.30. The average molecular weight is 289 g/mol. The quantitative estimate of drug-likeness (QED) is 0.906. The number of aryl methyl sites for hydroxylation is 1. The summed E-state index contributed by atoms with van der Waals surface area (Å²) in [5.41, 5.74) is 2.71. The van der Waals surface area contributed by atoms with Crippen molar-refractivity contribution >= 4 is 5.82 Å². The molecule has 1 aromatic rings. The number of hydrogen-bond acceptors (Lipinski definition) is 3. The van der Waals surface area contributed by atoms with Gasteiger partial charge in [-0.25, -0.2) is 4.98 Å². The molecule has 0 radical (unpaired) electrons. The van der Waals surface area contributed by atoms with Crippen molar-refractivity contribution in [3.63, 3.8) is 0 Å². The van der Waals surface area contributed by atoms with Crippen molar-refractivity contribution in [1.29, 1.82) is 0 Å². The minimum absolute atomic E-state index is 0.142. The molecule has 21 heavy (non-hydrogen) atoms. The third-order valence-corrected chi connectivity index (χ3v) is 4.43. The molecular weight excluding hydrogens is 258 g/mol. The predicted octanol–water partition coefficient (Wildman–Crippen LogP) is 4.05. The lowest BCUT2D eigenvalue weighted by atomic mass is 10.1. The molecule has 0 amide bonds. The molecule has 1 fully saturated rings. The number of anilines is 1. The molecule has 1 aliphatic rings. The van der Waals surface area contributed by atoms with Gasteiger partial charge >= 0.3 is 0 Å². The summed E-state index contributed by atoms with van der Waals surface area (Å²) in [7, 11) is 0. The fraction of sp³-hybridized carbons (Fsp3) is 0.722. The molecule has 0 aliphatic carbocycles. The Bertz CT molecular complexity index is 476. The molecule has 1 saturated heterocycles. The van der Waals surface area contributed by atoms with Crippen LogP contribution >= 0.6 is 0 Å². The number of rotatable bonds is 4. The summed E-state index contributed by atoms with van der Waals surface area (Å²) in [6.07, 6.45) is 5.83. The molecule has 0 aromatic carbocycles. The molecule has 2 atom stereocenters. The number of nitrogens with one attached hydrogen (secondary N) is 1. The van der Waals surface area contributed by atoms with E-state index in [0.29, 0.717) is 12.1 Å². The summed E-state index contributed by atoms with van der Waals surface area (Å²) in [5, 5.41) is 3.53. The summed E-state index contributed by atoms with van der Waals surface area (Å²) in [6.45, 7) is 14.3. The summed E-state index contributed by atoms with van der Waals surface area (Å²) < 4.78 is 0. The van der Waals surface area contributed by atoms with Gasteiger partial charge in [0, 0.05) is 30.4 Å². The highest BCUT2D eigenvalue weighted by Crippen LogP contribution is 2.32. The van der Waals surface area contributed by atoms with Crippen LogP contribution in [0.4, 0.5) is 5.82 Å².